The van der Waals surface area contributed by atoms with Crippen LogP contribution in [-0.4, -0.2) is 54.2 Å². The Kier molecular flexibility index (Phi) is 4.92. The van der Waals surface area contributed by atoms with Gasteiger partial charge in [0.25, 0.3) is 0 Å². The van der Waals surface area contributed by atoms with Gasteiger partial charge in [0.2, 0.25) is 5.91 Å². The van der Waals surface area contributed by atoms with Crippen molar-refractivity contribution in [3.05, 3.63) is 0 Å². The molecule has 1 spiro atoms. The minimum atomic E-state index is -0.339. The van der Waals surface area contributed by atoms with Gasteiger partial charge in [-0.1, -0.05) is 12.8 Å². The lowest BCUT2D eigenvalue weighted by Gasteiger charge is -2.41. The highest BCUT2D eigenvalue weighted by molar-refractivity contribution is 7.98. The lowest BCUT2D eigenvalue weighted by Crippen LogP contribution is -2.56. The maximum Gasteiger partial charge on any atom is 0.239 e. The summed E-state index contributed by atoms with van der Waals surface area (Å²) in [6.45, 7) is 2.12. The smallest absolute Gasteiger partial charge is 0.239 e. The van der Waals surface area contributed by atoms with Crippen molar-refractivity contribution in [3.63, 3.8) is 0 Å². The van der Waals surface area contributed by atoms with Gasteiger partial charge in [0.05, 0.1) is 18.2 Å². The highest BCUT2D eigenvalue weighted by Crippen LogP contribution is 2.35. The van der Waals surface area contributed by atoms with E-state index in [4.69, 9.17) is 10.5 Å². The van der Waals surface area contributed by atoms with Crippen LogP contribution in [0.15, 0.2) is 0 Å². The molecular formula is C13H24N2O2S. The van der Waals surface area contributed by atoms with Crippen molar-refractivity contribution in [2.75, 3.05) is 31.7 Å². The van der Waals surface area contributed by atoms with E-state index in [0.29, 0.717) is 13.2 Å². The molecule has 1 aliphatic carbocycles. The number of hydrogen-bond donors (Lipinski definition) is 1. The third-order valence-electron chi connectivity index (χ3n) is 4.03. The van der Waals surface area contributed by atoms with Crippen LogP contribution in [0.4, 0.5) is 0 Å². The Balaban J connectivity index is 1.89. The van der Waals surface area contributed by atoms with E-state index in [-0.39, 0.29) is 17.6 Å². The van der Waals surface area contributed by atoms with Gasteiger partial charge in [-0.15, -0.1) is 0 Å². The molecule has 0 radical (unpaired) electrons. The van der Waals surface area contributed by atoms with Crippen LogP contribution in [0.25, 0.3) is 0 Å². The van der Waals surface area contributed by atoms with Gasteiger partial charge in [-0.3, -0.25) is 4.79 Å². The average molecular weight is 272 g/mol. The van der Waals surface area contributed by atoms with Gasteiger partial charge in [-0.25, -0.2) is 0 Å². The molecule has 0 bridgehead atoms. The fraction of sp³-hybridized carbons (Fsp3) is 0.923. The van der Waals surface area contributed by atoms with Crippen LogP contribution in [0.3, 0.4) is 0 Å². The zero-order valence-electron chi connectivity index (χ0n) is 11.2. The van der Waals surface area contributed by atoms with E-state index in [9.17, 15) is 4.79 Å². The van der Waals surface area contributed by atoms with E-state index in [1.165, 1.54) is 12.8 Å². The number of morpholine rings is 1. The summed E-state index contributed by atoms with van der Waals surface area (Å²) in [5.41, 5.74) is 5.93. The summed E-state index contributed by atoms with van der Waals surface area (Å²) in [5, 5.41) is 0. The van der Waals surface area contributed by atoms with E-state index >= 15 is 0 Å². The van der Waals surface area contributed by atoms with E-state index in [0.717, 1.165) is 31.6 Å². The van der Waals surface area contributed by atoms with Crippen molar-refractivity contribution in [2.45, 2.75) is 43.7 Å². The average Bonchev–Trinajstić information content (AvgIpc) is 2.83. The Labute approximate surface area is 114 Å². The molecule has 1 amide bonds. The fourth-order valence-electron chi connectivity index (χ4n) is 2.96. The molecule has 2 fully saturated rings. The molecule has 0 aromatic carbocycles. The second kappa shape index (κ2) is 6.26. The van der Waals surface area contributed by atoms with Crippen LogP contribution in [0.2, 0.25) is 0 Å². The van der Waals surface area contributed by atoms with Crippen molar-refractivity contribution in [3.8, 4) is 0 Å². The molecule has 1 saturated heterocycles. The topological polar surface area (TPSA) is 55.6 Å². The molecule has 2 N–H and O–H groups in total. The molecule has 0 aromatic heterocycles. The van der Waals surface area contributed by atoms with E-state index in [1.807, 2.05) is 11.2 Å². The minimum Gasteiger partial charge on any atom is -0.371 e. The molecule has 1 heterocycles. The molecule has 1 unspecified atom stereocenters. The molecule has 2 aliphatic rings. The zero-order valence-corrected chi connectivity index (χ0v) is 12.0. The summed E-state index contributed by atoms with van der Waals surface area (Å²) in [6, 6.07) is -0.339. The third kappa shape index (κ3) is 3.19. The first kappa shape index (κ1) is 14.2. The predicted octanol–water partition coefficient (Wildman–Crippen LogP) is 1.24. The fourth-order valence-corrected chi connectivity index (χ4v) is 3.45. The molecular weight excluding hydrogens is 248 g/mol. The summed E-state index contributed by atoms with van der Waals surface area (Å²) < 4.78 is 5.93. The summed E-state index contributed by atoms with van der Waals surface area (Å²) in [4.78, 5) is 14.2. The summed E-state index contributed by atoms with van der Waals surface area (Å²) in [7, 11) is 0. The van der Waals surface area contributed by atoms with Crippen LogP contribution in [0, 0.1) is 0 Å². The van der Waals surface area contributed by atoms with E-state index in [2.05, 4.69) is 0 Å². The lowest BCUT2D eigenvalue weighted by molar-refractivity contribution is -0.151. The molecule has 104 valence electrons. The minimum absolute atomic E-state index is 0.0485. The van der Waals surface area contributed by atoms with E-state index < -0.39 is 0 Å². The Morgan fingerprint density at radius 1 is 1.50 bits per heavy atom. The number of thioether (sulfide) groups is 1. The zero-order chi connectivity index (χ0) is 13.0. The van der Waals surface area contributed by atoms with Gasteiger partial charge in [-0.05, 0) is 31.3 Å². The van der Waals surface area contributed by atoms with Crippen molar-refractivity contribution >= 4 is 17.7 Å². The molecule has 5 heteroatoms. The third-order valence-corrected chi connectivity index (χ3v) is 4.67. The number of hydrogen-bond acceptors (Lipinski definition) is 4. The number of amides is 1. The van der Waals surface area contributed by atoms with Gasteiger partial charge in [0.15, 0.2) is 0 Å². The molecule has 1 saturated carbocycles. The lowest BCUT2D eigenvalue weighted by atomic mass is 9.99. The molecule has 1 atom stereocenters. The van der Waals surface area contributed by atoms with Crippen LogP contribution in [-0.2, 0) is 9.53 Å². The number of carbonyl (C=O) groups is 1. The van der Waals surface area contributed by atoms with Crippen molar-refractivity contribution in [1.29, 1.82) is 0 Å². The largest absolute Gasteiger partial charge is 0.371 e. The number of rotatable bonds is 4. The number of nitrogens with two attached hydrogens (primary N) is 1. The van der Waals surface area contributed by atoms with Crippen molar-refractivity contribution < 1.29 is 9.53 Å². The van der Waals surface area contributed by atoms with Crippen LogP contribution in [0.5, 0.6) is 0 Å². The second-order valence-electron chi connectivity index (χ2n) is 5.39. The summed E-state index contributed by atoms with van der Waals surface area (Å²) in [5.74, 6) is 1.06. The highest BCUT2D eigenvalue weighted by atomic mass is 32.2. The molecule has 2 rings (SSSR count). The Morgan fingerprint density at radius 3 is 2.89 bits per heavy atom. The summed E-state index contributed by atoms with van der Waals surface area (Å²) in [6.07, 6.45) is 7.44. The molecule has 0 aromatic rings. The quantitative estimate of drug-likeness (QED) is 0.836. The maximum atomic E-state index is 12.3. The Morgan fingerprint density at radius 2 is 2.22 bits per heavy atom. The van der Waals surface area contributed by atoms with Gasteiger partial charge >= 0.3 is 0 Å². The first-order valence-electron chi connectivity index (χ1n) is 6.84. The van der Waals surface area contributed by atoms with Crippen molar-refractivity contribution in [2.24, 2.45) is 5.73 Å². The Bertz CT molecular complexity index is 293. The molecule has 18 heavy (non-hydrogen) atoms. The van der Waals surface area contributed by atoms with E-state index in [1.54, 1.807) is 11.8 Å². The first-order chi connectivity index (χ1) is 8.67. The number of ether oxygens (including phenoxy) is 1. The van der Waals surface area contributed by atoms with Gasteiger partial charge in [0, 0.05) is 13.1 Å². The van der Waals surface area contributed by atoms with Crippen molar-refractivity contribution in [1.82, 2.24) is 4.90 Å². The SMILES string of the molecule is CSCCC(N)C(=O)N1CCOC2(CCCC2)C1. The maximum absolute atomic E-state index is 12.3. The van der Waals surface area contributed by atoms with Crippen LogP contribution >= 0.6 is 11.8 Å². The number of carbonyl (C=O) groups excluding carboxylic acids is 1. The Hall–Kier alpha value is -0.260. The predicted molar refractivity (Wildman–Crippen MR) is 74.7 cm³/mol. The normalized spacial score (nSPS) is 24.4. The molecule has 1 aliphatic heterocycles. The first-order valence-corrected chi connectivity index (χ1v) is 8.23. The number of nitrogens with zero attached hydrogens (tertiary/aromatic N) is 1. The standard InChI is InChI=1S/C13H24N2O2S/c1-18-9-4-11(14)12(16)15-7-8-17-13(10-15)5-2-3-6-13/h11H,2-10,14H2,1H3. The summed E-state index contributed by atoms with van der Waals surface area (Å²) >= 11 is 1.74. The van der Waals surface area contributed by atoms with Crippen LogP contribution < -0.4 is 5.73 Å². The molecule has 4 nitrogen and oxygen atoms in total. The van der Waals surface area contributed by atoms with Crippen LogP contribution in [0.1, 0.15) is 32.1 Å². The van der Waals surface area contributed by atoms with Gasteiger partial charge in [-0.2, -0.15) is 11.8 Å². The van der Waals surface area contributed by atoms with Gasteiger partial charge in [0.1, 0.15) is 0 Å². The second-order valence-corrected chi connectivity index (χ2v) is 6.37. The monoisotopic (exact) mass is 272 g/mol. The highest BCUT2D eigenvalue weighted by Gasteiger charge is 2.41. The van der Waals surface area contributed by atoms with Gasteiger partial charge < -0.3 is 15.4 Å².